The number of hydrogen-bond acceptors (Lipinski definition) is 5. The molecule has 0 aliphatic rings. The molecule has 1 amide bonds. The fraction of sp³-hybridized carbons (Fsp3) is 0.0952. The molecule has 0 aliphatic heterocycles. The fourth-order valence-corrected chi connectivity index (χ4v) is 4.93. The van der Waals surface area contributed by atoms with Crippen LogP contribution in [-0.2, 0) is 20.0 Å². The molecule has 0 spiro atoms. The third kappa shape index (κ3) is 6.38. The van der Waals surface area contributed by atoms with Crippen LogP contribution in [0.4, 0.5) is 17.1 Å². The van der Waals surface area contributed by atoms with Gasteiger partial charge < -0.3 is 5.32 Å². The van der Waals surface area contributed by atoms with Crippen molar-refractivity contribution in [1.82, 2.24) is 0 Å². The van der Waals surface area contributed by atoms with Gasteiger partial charge in [-0.05, 0) is 67.1 Å². The molecule has 33 heavy (non-hydrogen) atoms. The molecule has 3 rings (SSSR count). The van der Waals surface area contributed by atoms with Crippen molar-refractivity contribution in [3.05, 3.63) is 81.8 Å². The molecule has 0 bridgehead atoms. The van der Waals surface area contributed by atoms with Crippen molar-refractivity contribution >= 4 is 66.2 Å². The van der Waals surface area contributed by atoms with Crippen LogP contribution in [0.25, 0.3) is 0 Å². The summed E-state index contributed by atoms with van der Waals surface area (Å²) in [5.41, 5.74) is 1.64. The number of sulfonamides is 2. The molecule has 174 valence electrons. The number of benzene rings is 3. The van der Waals surface area contributed by atoms with Gasteiger partial charge in [0.25, 0.3) is 15.9 Å². The van der Waals surface area contributed by atoms with Crippen molar-refractivity contribution < 1.29 is 21.6 Å². The summed E-state index contributed by atoms with van der Waals surface area (Å²) >= 11 is 12.2. The second-order valence-corrected chi connectivity index (χ2v) is 11.3. The smallest absolute Gasteiger partial charge is 0.261 e. The van der Waals surface area contributed by atoms with Gasteiger partial charge >= 0.3 is 0 Å². The predicted octanol–water partition coefficient (Wildman–Crippen LogP) is 4.73. The molecule has 0 unspecified atom stereocenters. The molecule has 0 saturated carbocycles. The Labute approximate surface area is 202 Å². The Balaban J connectivity index is 1.74. The van der Waals surface area contributed by atoms with Gasteiger partial charge in [0.05, 0.1) is 27.4 Å². The summed E-state index contributed by atoms with van der Waals surface area (Å²) in [6.07, 6.45) is 0.997. The summed E-state index contributed by atoms with van der Waals surface area (Å²) in [7, 11) is -7.36. The van der Waals surface area contributed by atoms with Crippen LogP contribution in [-0.4, -0.2) is 29.0 Å². The van der Waals surface area contributed by atoms with E-state index in [1.165, 1.54) is 42.5 Å². The lowest BCUT2D eigenvalue weighted by molar-refractivity contribution is 0.102. The van der Waals surface area contributed by atoms with Gasteiger partial charge in [-0.2, -0.15) is 0 Å². The van der Waals surface area contributed by atoms with Crippen LogP contribution in [0, 0.1) is 6.92 Å². The average molecular weight is 528 g/mol. The lowest BCUT2D eigenvalue weighted by Gasteiger charge is -2.12. The van der Waals surface area contributed by atoms with Gasteiger partial charge in [-0.25, -0.2) is 16.8 Å². The molecule has 0 aromatic heterocycles. The normalized spacial score (nSPS) is 11.6. The van der Waals surface area contributed by atoms with Gasteiger partial charge in [0, 0.05) is 16.4 Å². The van der Waals surface area contributed by atoms with E-state index in [-0.39, 0.29) is 21.2 Å². The van der Waals surface area contributed by atoms with Crippen molar-refractivity contribution in [2.45, 2.75) is 11.8 Å². The Bertz CT molecular complexity index is 1420. The van der Waals surface area contributed by atoms with E-state index < -0.39 is 26.0 Å². The lowest BCUT2D eigenvalue weighted by atomic mass is 10.2. The number of rotatable bonds is 7. The van der Waals surface area contributed by atoms with Crippen molar-refractivity contribution in [2.24, 2.45) is 0 Å². The maximum Gasteiger partial charge on any atom is 0.261 e. The van der Waals surface area contributed by atoms with Crippen LogP contribution >= 0.6 is 23.2 Å². The Morgan fingerprint density at radius 3 is 2.06 bits per heavy atom. The lowest BCUT2D eigenvalue weighted by Crippen LogP contribution is -2.15. The van der Waals surface area contributed by atoms with E-state index in [1.54, 1.807) is 25.1 Å². The molecular formula is C21H19Cl2N3O5S2. The maximum atomic E-state index is 12.7. The summed E-state index contributed by atoms with van der Waals surface area (Å²) < 4.78 is 52.8. The van der Waals surface area contributed by atoms with E-state index in [1.807, 2.05) is 0 Å². The van der Waals surface area contributed by atoms with E-state index in [4.69, 9.17) is 23.2 Å². The molecule has 8 nitrogen and oxygen atoms in total. The van der Waals surface area contributed by atoms with E-state index in [2.05, 4.69) is 14.8 Å². The molecule has 0 fully saturated rings. The molecule has 0 radical (unpaired) electrons. The van der Waals surface area contributed by atoms with Crippen LogP contribution in [0.1, 0.15) is 15.9 Å². The second-order valence-electron chi connectivity index (χ2n) is 7.07. The summed E-state index contributed by atoms with van der Waals surface area (Å²) in [5.74, 6) is -0.547. The third-order valence-corrected chi connectivity index (χ3v) is 7.16. The summed E-state index contributed by atoms with van der Waals surface area (Å²) in [5, 5.41) is 3.10. The third-order valence-electron chi connectivity index (χ3n) is 4.45. The maximum absolute atomic E-state index is 12.7. The quantitative estimate of drug-likeness (QED) is 0.410. The Hall–Kier alpha value is -2.79. The topological polar surface area (TPSA) is 121 Å². The highest BCUT2D eigenvalue weighted by molar-refractivity contribution is 7.92. The SMILES string of the molecule is Cc1c(Cl)cccc1NS(=O)(=O)c1ccc(NC(=O)c2ccc(NS(C)(=O)=O)cc2Cl)cc1. The first-order valence-electron chi connectivity index (χ1n) is 9.32. The highest BCUT2D eigenvalue weighted by Gasteiger charge is 2.17. The first kappa shape index (κ1) is 24.8. The summed E-state index contributed by atoms with van der Waals surface area (Å²) in [6, 6.07) is 14.6. The van der Waals surface area contributed by atoms with Crippen LogP contribution in [0.3, 0.4) is 0 Å². The number of halogens is 2. The number of hydrogen-bond donors (Lipinski definition) is 3. The van der Waals surface area contributed by atoms with Crippen LogP contribution < -0.4 is 14.8 Å². The van der Waals surface area contributed by atoms with Gasteiger partial charge in [-0.15, -0.1) is 0 Å². The molecule has 0 heterocycles. The molecule has 3 aromatic rings. The number of carbonyl (C=O) groups is 1. The van der Waals surface area contributed by atoms with Crippen LogP contribution in [0.15, 0.2) is 65.6 Å². The molecule has 0 saturated heterocycles. The van der Waals surface area contributed by atoms with E-state index >= 15 is 0 Å². The van der Waals surface area contributed by atoms with E-state index in [0.29, 0.717) is 22.0 Å². The van der Waals surface area contributed by atoms with Crippen molar-refractivity contribution in [2.75, 3.05) is 21.0 Å². The highest BCUT2D eigenvalue weighted by Crippen LogP contribution is 2.26. The molecule has 0 aliphatic carbocycles. The highest BCUT2D eigenvalue weighted by atomic mass is 35.5. The van der Waals surface area contributed by atoms with Gasteiger partial charge in [0.15, 0.2) is 0 Å². The monoisotopic (exact) mass is 527 g/mol. The standard InChI is InChI=1S/C21H19Cl2N3O5S2/c1-13-18(22)4-3-5-20(13)26-33(30,31)16-9-6-14(7-10-16)24-21(27)17-11-8-15(12-19(17)23)25-32(2,28)29/h3-12,25-26H,1-2H3,(H,24,27). The van der Waals surface area contributed by atoms with Crippen molar-refractivity contribution in [3.63, 3.8) is 0 Å². The minimum Gasteiger partial charge on any atom is -0.322 e. The first-order chi connectivity index (χ1) is 15.4. The minimum absolute atomic E-state index is 0.00545. The van der Waals surface area contributed by atoms with E-state index in [0.717, 1.165) is 6.26 Å². The zero-order valence-corrected chi connectivity index (χ0v) is 20.5. The van der Waals surface area contributed by atoms with Gasteiger partial charge in [-0.3, -0.25) is 14.2 Å². The summed E-state index contributed by atoms with van der Waals surface area (Å²) in [4.78, 5) is 12.5. The Morgan fingerprint density at radius 2 is 1.45 bits per heavy atom. The Morgan fingerprint density at radius 1 is 0.818 bits per heavy atom. The molecule has 3 N–H and O–H groups in total. The number of amides is 1. The van der Waals surface area contributed by atoms with Crippen molar-refractivity contribution in [1.29, 1.82) is 0 Å². The molecule has 3 aromatic carbocycles. The average Bonchev–Trinajstić information content (AvgIpc) is 2.70. The van der Waals surface area contributed by atoms with Crippen molar-refractivity contribution in [3.8, 4) is 0 Å². The van der Waals surface area contributed by atoms with Crippen LogP contribution in [0.2, 0.25) is 10.0 Å². The van der Waals surface area contributed by atoms with Gasteiger partial charge in [0.1, 0.15) is 0 Å². The van der Waals surface area contributed by atoms with Gasteiger partial charge in [0.2, 0.25) is 10.0 Å². The number of anilines is 3. The largest absolute Gasteiger partial charge is 0.322 e. The predicted molar refractivity (Wildman–Crippen MR) is 131 cm³/mol. The number of nitrogens with one attached hydrogen (secondary N) is 3. The summed E-state index contributed by atoms with van der Waals surface area (Å²) in [6.45, 7) is 1.70. The van der Waals surface area contributed by atoms with Crippen LogP contribution in [0.5, 0.6) is 0 Å². The molecule has 0 atom stereocenters. The Kier molecular flexibility index (Phi) is 7.23. The van der Waals surface area contributed by atoms with E-state index in [9.17, 15) is 21.6 Å². The van der Waals surface area contributed by atoms with Gasteiger partial charge in [-0.1, -0.05) is 29.3 Å². The zero-order valence-electron chi connectivity index (χ0n) is 17.4. The second kappa shape index (κ2) is 9.60. The molecular weight excluding hydrogens is 509 g/mol. The zero-order chi connectivity index (χ0) is 24.4. The first-order valence-corrected chi connectivity index (χ1v) is 13.5. The fourth-order valence-electron chi connectivity index (χ4n) is 2.81. The molecule has 12 heteroatoms. The number of carbonyl (C=O) groups excluding carboxylic acids is 1. The minimum atomic E-state index is -3.88.